The van der Waals surface area contributed by atoms with E-state index in [9.17, 15) is 24.5 Å². The number of hydrogen-bond acceptors (Lipinski definition) is 7. The van der Waals surface area contributed by atoms with Crippen molar-refractivity contribution in [1.29, 1.82) is 0 Å². The Kier molecular flexibility index (Phi) is 6.26. The van der Waals surface area contributed by atoms with Gasteiger partial charge in [-0.15, -0.1) is 0 Å². The number of nitro groups is 1. The molecular formula is C20H19N3O7. The van der Waals surface area contributed by atoms with Gasteiger partial charge in [0.2, 0.25) is 0 Å². The number of anilines is 1. The van der Waals surface area contributed by atoms with E-state index < -0.39 is 29.2 Å². The molecule has 0 aliphatic heterocycles. The third-order valence-corrected chi connectivity index (χ3v) is 4.32. The Morgan fingerprint density at radius 2 is 2.00 bits per heavy atom. The zero-order valence-corrected chi connectivity index (χ0v) is 16.1. The van der Waals surface area contributed by atoms with Gasteiger partial charge in [-0.25, -0.2) is 4.79 Å². The summed E-state index contributed by atoms with van der Waals surface area (Å²) >= 11 is 0. The summed E-state index contributed by atoms with van der Waals surface area (Å²) in [5.41, 5.74) is 1.56. The number of carbonyl (C=O) groups excluding carboxylic acids is 2. The number of benzene rings is 2. The smallest absolute Gasteiger partial charge is 0.419 e. The highest BCUT2D eigenvalue weighted by Crippen LogP contribution is 2.25. The molecule has 0 fully saturated rings. The van der Waals surface area contributed by atoms with Gasteiger partial charge in [-0.1, -0.05) is 18.2 Å². The highest BCUT2D eigenvalue weighted by atomic mass is 16.6. The van der Waals surface area contributed by atoms with Gasteiger partial charge in [0.05, 0.1) is 10.4 Å². The van der Waals surface area contributed by atoms with Gasteiger partial charge in [-0.05, 0) is 37.1 Å². The number of hydrogen-bond donors (Lipinski definition) is 1. The molecule has 2 aromatic carbocycles. The van der Waals surface area contributed by atoms with Crippen LogP contribution in [0.3, 0.4) is 0 Å². The van der Waals surface area contributed by atoms with Crippen molar-refractivity contribution >= 4 is 34.4 Å². The molecule has 3 aromatic rings. The van der Waals surface area contributed by atoms with Gasteiger partial charge in [0, 0.05) is 19.0 Å². The van der Waals surface area contributed by atoms with Gasteiger partial charge in [-0.3, -0.25) is 24.3 Å². The number of amides is 1. The van der Waals surface area contributed by atoms with Crippen LogP contribution in [-0.2, 0) is 20.9 Å². The number of nitro benzene ring substituents is 1. The van der Waals surface area contributed by atoms with E-state index in [1.54, 1.807) is 37.3 Å². The number of aromatic nitrogens is 1. The number of aryl methyl sites for hydroxylation is 2. The molecule has 0 saturated heterocycles. The molecule has 0 aliphatic rings. The molecule has 1 aromatic heterocycles. The summed E-state index contributed by atoms with van der Waals surface area (Å²) in [6.07, 6.45) is 0.303. The molecule has 1 heterocycles. The van der Waals surface area contributed by atoms with E-state index in [0.29, 0.717) is 23.1 Å². The maximum atomic E-state index is 12.0. The number of oxazole rings is 1. The molecule has 0 saturated carbocycles. The molecule has 0 atom stereocenters. The van der Waals surface area contributed by atoms with Gasteiger partial charge in [0.25, 0.3) is 11.6 Å². The van der Waals surface area contributed by atoms with Gasteiger partial charge in [0.15, 0.2) is 12.2 Å². The molecule has 0 bridgehead atoms. The van der Waals surface area contributed by atoms with Crippen LogP contribution >= 0.6 is 0 Å². The molecule has 3 rings (SSSR count). The number of carbonyl (C=O) groups is 2. The third kappa shape index (κ3) is 4.90. The summed E-state index contributed by atoms with van der Waals surface area (Å²) in [5, 5.41) is 13.4. The van der Waals surface area contributed by atoms with Crippen LogP contribution in [0.5, 0.6) is 0 Å². The molecule has 30 heavy (non-hydrogen) atoms. The molecule has 156 valence electrons. The van der Waals surface area contributed by atoms with Crippen molar-refractivity contribution in [2.45, 2.75) is 26.3 Å². The highest BCUT2D eigenvalue weighted by Gasteiger charge is 2.17. The molecule has 0 radical (unpaired) electrons. The summed E-state index contributed by atoms with van der Waals surface area (Å²) < 4.78 is 11.4. The van der Waals surface area contributed by atoms with Crippen LogP contribution in [0, 0.1) is 17.0 Å². The normalized spacial score (nSPS) is 10.7. The maximum absolute atomic E-state index is 12.0. The fourth-order valence-corrected chi connectivity index (χ4v) is 2.91. The number of para-hydroxylation sites is 2. The van der Waals surface area contributed by atoms with Crippen LogP contribution in [-0.4, -0.2) is 28.0 Å². The summed E-state index contributed by atoms with van der Waals surface area (Å²) in [6.45, 7) is 1.38. The van der Waals surface area contributed by atoms with Crippen molar-refractivity contribution in [3.63, 3.8) is 0 Å². The van der Waals surface area contributed by atoms with Crippen molar-refractivity contribution in [3.8, 4) is 0 Å². The molecule has 1 amide bonds. The lowest BCUT2D eigenvalue weighted by atomic mass is 10.2. The first kappa shape index (κ1) is 20.8. The Hall–Kier alpha value is -3.95. The van der Waals surface area contributed by atoms with Crippen molar-refractivity contribution < 1.29 is 23.7 Å². The zero-order valence-electron chi connectivity index (χ0n) is 16.1. The standard InChI is InChI=1S/C20H19N3O7/c1-13-8-9-14(16(11-13)23(27)28)21-18(24)12-29-19(25)7-4-10-22-15-5-2-3-6-17(15)30-20(22)26/h2-3,5-6,8-9,11H,4,7,10,12H2,1H3,(H,21,24). The number of nitrogens with zero attached hydrogens (tertiary/aromatic N) is 2. The van der Waals surface area contributed by atoms with Crippen LogP contribution in [0.2, 0.25) is 0 Å². The topological polar surface area (TPSA) is 134 Å². The van der Waals surface area contributed by atoms with Crippen LogP contribution in [0.25, 0.3) is 11.1 Å². The third-order valence-electron chi connectivity index (χ3n) is 4.32. The first-order chi connectivity index (χ1) is 14.3. The Labute approximate surface area is 170 Å². The molecule has 1 N–H and O–H groups in total. The van der Waals surface area contributed by atoms with Gasteiger partial charge < -0.3 is 14.5 Å². The van der Waals surface area contributed by atoms with Crippen molar-refractivity contribution in [2.24, 2.45) is 0 Å². The van der Waals surface area contributed by atoms with E-state index >= 15 is 0 Å². The molecule has 10 nitrogen and oxygen atoms in total. The first-order valence-corrected chi connectivity index (χ1v) is 9.14. The first-order valence-electron chi connectivity index (χ1n) is 9.14. The summed E-state index contributed by atoms with van der Waals surface area (Å²) in [5.74, 6) is -1.82. The lowest BCUT2D eigenvalue weighted by Crippen LogP contribution is -2.22. The number of rotatable bonds is 8. The maximum Gasteiger partial charge on any atom is 0.419 e. The fourth-order valence-electron chi connectivity index (χ4n) is 2.91. The van der Waals surface area contributed by atoms with Crippen molar-refractivity contribution in [1.82, 2.24) is 4.57 Å². The van der Waals surface area contributed by atoms with Gasteiger partial charge >= 0.3 is 11.7 Å². The highest BCUT2D eigenvalue weighted by molar-refractivity contribution is 5.94. The second-order valence-electron chi connectivity index (χ2n) is 6.58. The van der Waals surface area contributed by atoms with E-state index in [-0.39, 0.29) is 24.3 Å². The van der Waals surface area contributed by atoms with Crippen molar-refractivity contribution in [3.05, 3.63) is 68.7 Å². The molecule has 0 aliphatic carbocycles. The average molecular weight is 413 g/mol. The van der Waals surface area contributed by atoms with Gasteiger partial charge in [-0.2, -0.15) is 0 Å². The summed E-state index contributed by atoms with van der Waals surface area (Å²) in [6, 6.07) is 11.3. The predicted octanol–water partition coefficient (Wildman–Crippen LogP) is 2.77. The lowest BCUT2D eigenvalue weighted by molar-refractivity contribution is -0.384. The van der Waals surface area contributed by atoms with Crippen LogP contribution in [0.4, 0.5) is 11.4 Å². The SMILES string of the molecule is Cc1ccc(NC(=O)COC(=O)CCCn2c(=O)oc3ccccc32)c([N+](=O)[O-])c1. The monoisotopic (exact) mass is 413 g/mol. The second-order valence-corrected chi connectivity index (χ2v) is 6.58. The minimum absolute atomic E-state index is 0.0100. The Balaban J connectivity index is 1.48. The molecule has 10 heteroatoms. The van der Waals surface area contributed by atoms with E-state index in [2.05, 4.69) is 5.32 Å². The Bertz CT molecular complexity index is 1160. The lowest BCUT2D eigenvalue weighted by Gasteiger charge is -2.08. The second kappa shape index (κ2) is 9.03. The van der Waals surface area contributed by atoms with Crippen molar-refractivity contribution in [2.75, 3.05) is 11.9 Å². The van der Waals surface area contributed by atoms with Crippen LogP contribution in [0.15, 0.2) is 51.7 Å². The Morgan fingerprint density at radius 3 is 2.77 bits per heavy atom. The number of ether oxygens (including phenoxy) is 1. The number of esters is 1. The van der Waals surface area contributed by atoms with E-state index in [4.69, 9.17) is 9.15 Å². The van der Waals surface area contributed by atoms with Crippen LogP contribution < -0.4 is 11.1 Å². The van der Waals surface area contributed by atoms with E-state index in [1.165, 1.54) is 16.7 Å². The number of nitrogens with one attached hydrogen (secondary N) is 1. The zero-order chi connectivity index (χ0) is 21.7. The Morgan fingerprint density at radius 1 is 1.23 bits per heavy atom. The van der Waals surface area contributed by atoms with E-state index in [0.717, 1.165) is 0 Å². The average Bonchev–Trinajstić information content (AvgIpc) is 3.03. The molecule has 0 spiro atoms. The minimum Gasteiger partial charge on any atom is -0.456 e. The number of fused-ring (bicyclic) bond motifs is 1. The largest absolute Gasteiger partial charge is 0.456 e. The minimum atomic E-state index is -0.688. The van der Waals surface area contributed by atoms with Gasteiger partial charge in [0.1, 0.15) is 5.69 Å². The van der Waals surface area contributed by atoms with Crippen LogP contribution in [0.1, 0.15) is 18.4 Å². The summed E-state index contributed by atoms with van der Waals surface area (Å²) in [7, 11) is 0. The van der Waals surface area contributed by atoms with E-state index in [1.807, 2.05) is 0 Å². The summed E-state index contributed by atoms with van der Waals surface area (Å²) in [4.78, 5) is 46.2. The fraction of sp³-hybridized carbons (Fsp3) is 0.250. The molecular weight excluding hydrogens is 394 g/mol. The quantitative estimate of drug-likeness (QED) is 0.341. The molecule has 0 unspecified atom stereocenters. The predicted molar refractivity (Wildman–Crippen MR) is 107 cm³/mol.